The highest BCUT2D eigenvalue weighted by Gasteiger charge is 2.08. The Hall–Kier alpha value is -1.34. The van der Waals surface area contributed by atoms with E-state index in [1.54, 1.807) is 0 Å². The number of fused-ring (bicyclic) bond motifs is 1. The molecule has 0 bridgehead atoms. The largest absolute Gasteiger partial charge is 0.235 e. The molecular formula is C15H14ClN. The molecule has 0 spiro atoms. The third kappa shape index (κ3) is 2.20. The standard InChI is InChI=1S/C15H14ClN/c16-15-13(9-11-5-1-2-6-11)10-12-7-3-4-8-14(12)17-15/h3-4,7-10H,1-2,5-6H2. The number of para-hydroxylation sites is 1. The Morgan fingerprint density at radius 2 is 1.88 bits per heavy atom. The Morgan fingerprint density at radius 1 is 1.12 bits per heavy atom. The molecule has 2 heteroatoms. The summed E-state index contributed by atoms with van der Waals surface area (Å²) in [7, 11) is 0. The van der Waals surface area contributed by atoms with Gasteiger partial charge < -0.3 is 0 Å². The van der Waals surface area contributed by atoms with Crippen LogP contribution in [-0.4, -0.2) is 4.98 Å². The number of pyridine rings is 1. The zero-order valence-corrected chi connectivity index (χ0v) is 10.4. The van der Waals surface area contributed by atoms with Crippen molar-refractivity contribution in [1.29, 1.82) is 0 Å². The maximum atomic E-state index is 6.23. The lowest BCUT2D eigenvalue weighted by molar-refractivity contribution is 0.886. The highest BCUT2D eigenvalue weighted by Crippen LogP contribution is 2.29. The second kappa shape index (κ2) is 4.50. The van der Waals surface area contributed by atoms with E-state index in [1.165, 1.54) is 31.3 Å². The predicted octanol–water partition coefficient (Wildman–Crippen LogP) is 4.85. The Kier molecular flexibility index (Phi) is 2.86. The van der Waals surface area contributed by atoms with Crippen molar-refractivity contribution in [3.63, 3.8) is 0 Å². The lowest BCUT2D eigenvalue weighted by Crippen LogP contribution is -1.85. The topological polar surface area (TPSA) is 12.9 Å². The Labute approximate surface area is 106 Å². The number of rotatable bonds is 1. The van der Waals surface area contributed by atoms with Gasteiger partial charge in [0.05, 0.1) is 5.52 Å². The molecule has 1 saturated carbocycles. The molecular weight excluding hydrogens is 230 g/mol. The van der Waals surface area contributed by atoms with Gasteiger partial charge in [0, 0.05) is 10.9 Å². The van der Waals surface area contributed by atoms with Gasteiger partial charge in [-0.15, -0.1) is 0 Å². The lowest BCUT2D eigenvalue weighted by Gasteiger charge is -2.03. The molecule has 1 nitrogen and oxygen atoms in total. The smallest absolute Gasteiger partial charge is 0.136 e. The van der Waals surface area contributed by atoms with E-state index in [4.69, 9.17) is 11.6 Å². The molecule has 0 saturated heterocycles. The molecule has 0 N–H and O–H groups in total. The summed E-state index contributed by atoms with van der Waals surface area (Å²) < 4.78 is 0. The number of benzene rings is 1. The molecule has 1 aromatic heterocycles. The van der Waals surface area contributed by atoms with E-state index in [9.17, 15) is 0 Å². The van der Waals surface area contributed by atoms with Crippen molar-refractivity contribution in [2.45, 2.75) is 25.7 Å². The number of hydrogen-bond acceptors (Lipinski definition) is 1. The van der Waals surface area contributed by atoms with Crippen LogP contribution in [0.15, 0.2) is 35.9 Å². The summed E-state index contributed by atoms with van der Waals surface area (Å²) in [5.74, 6) is 0. The molecule has 0 amide bonds. The molecule has 1 aliphatic carbocycles. The monoisotopic (exact) mass is 243 g/mol. The van der Waals surface area contributed by atoms with Crippen molar-refractivity contribution >= 4 is 28.6 Å². The third-order valence-corrected chi connectivity index (χ3v) is 3.61. The van der Waals surface area contributed by atoms with Crippen LogP contribution in [0.3, 0.4) is 0 Å². The minimum atomic E-state index is 0.614. The van der Waals surface area contributed by atoms with Crippen molar-refractivity contribution in [2.75, 3.05) is 0 Å². The van der Waals surface area contributed by atoms with Gasteiger partial charge in [-0.1, -0.05) is 41.4 Å². The van der Waals surface area contributed by atoms with E-state index >= 15 is 0 Å². The van der Waals surface area contributed by atoms with Crippen LogP contribution in [-0.2, 0) is 0 Å². The molecule has 2 aromatic rings. The minimum absolute atomic E-state index is 0.614. The summed E-state index contributed by atoms with van der Waals surface area (Å²) in [5, 5.41) is 1.77. The zero-order chi connectivity index (χ0) is 11.7. The second-order valence-corrected chi connectivity index (χ2v) is 4.93. The summed E-state index contributed by atoms with van der Waals surface area (Å²) in [4.78, 5) is 4.44. The molecule has 3 rings (SSSR count). The van der Waals surface area contributed by atoms with Gasteiger partial charge in [0.1, 0.15) is 5.15 Å². The molecule has 0 unspecified atom stereocenters. The van der Waals surface area contributed by atoms with E-state index in [-0.39, 0.29) is 0 Å². The van der Waals surface area contributed by atoms with E-state index in [0.717, 1.165) is 16.5 Å². The first-order valence-electron chi connectivity index (χ1n) is 6.08. The Balaban J connectivity index is 2.09. The highest BCUT2D eigenvalue weighted by atomic mass is 35.5. The summed E-state index contributed by atoms with van der Waals surface area (Å²) in [5.41, 5.74) is 3.53. The summed E-state index contributed by atoms with van der Waals surface area (Å²) in [6, 6.07) is 10.2. The zero-order valence-electron chi connectivity index (χ0n) is 9.62. The quantitative estimate of drug-likeness (QED) is 0.653. The Bertz CT molecular complexity index is 578. The van der Waals surface area contributed by atoms with Crippen LogP contribution >= 0.6 is 11.6 Å². The van der Waals surface area contributed by atoms with Gasteiger partial charge in [0.2, 0.25) is 0 Å². The van der Waals surface area contributed by atoms with E-state index in [2.05, 4.69) is 23.2 Å². The van der Waals surface area contributed by atoms with Crippen LogP contribution in [0.2, 0.25) is 5.15 Å². The normalized spacial score (nSPS) is 15.5. The van der Waals surface area contributed by atoms with Crippen molar-refractivity contribution in [2.24, 2.45) is 0 Å². The number of hydrogen-bond donors (Lipinski definition) is 0. The number of aromatic nitrogens is 1. The number of nitrogens with zero attached hydrogens (tertiary/aromatic N) is 1. The second-order valence-electron chi connectivity index (χ2n) is 4.57. The first-order chi connectivity index (χ1) is 8.33. The van der Waals surface area contributed by atoms with Gasteiger partial charge in [-0.2, -0.15) is 0 Å². The van der Waals surface area contributed by atoms with Gasteiger partial charge in [-0.05, 0) is 37.8 Å². The maximum Gasteiger partial charge on any atom is 0.136 e. The van der Waals surface area contributed by atoms with E-state index in [0.29, 0.717) is 5.15 Å². The van der Waals surface area contributed by atoms with Gasteiger partial charge in [-0.3, -0.25) is 0 Å². The number of allylic oxidation sites excluding steroid dienone is 1. The summed E-state index contributed by atoms with van der Waals surface area (Å²) >= 11 is 6.23. The fraction of sp³-hybridized carbons (Fsp3) is 0.267. The maximum absolute atomic E-state index is 6.23. The average Bonchev–Trinajstić information content (AvgIpc) is 2.83. The van der Waals surface area contributed by atoms with Crippen molar-refractivity contribution in [3.8, 4) is 0 Å². The van der Waals surface area contributed by atoms with E-state index < -0.39 is 0 Å². The van der Waals surface area contributed by atoms with Gasteiger partial charge in [-0.25, -0.2) is 4.98 Å². The van der Waals surface area contributed by atoms with Crippen molar-refractivity contribution < 1.29 is 0 Å². The summed E-state index contributed by atoms with van der Waals surface area (Å²) in [6.07, 6.45) is 7.26. The van der Waals surface area contributed by atoms with Crippen LogP contribution in [0.4, 0.5) is 0 Å². The van der Waals surface area contributed by atoms with Crippen LogP contribution in [0.5, 0.6) is 0 Å². The predicted molar refractivity (Wildman–Crippen MR) is 73.2 cm³/mol. The molecule has 0 radical (unpaired) electrons. The third-order valence-electron chi connectivity index (χ3n) is 3.31. The van der Waals surface area contributed by atoms with Crippen molar-refractivity contribution in [1.82, 2.24) is 4.98 Å². The first kappa shape index (κ1) is 10.8. The molecule has 1 aliphatic rings. The first-order valence-corrected chi connectivity index (χ1v) is 6.45. The SMILES string of the molecule is Clc1nc2ccccc2cc1C=C1CCCC1. The average molecular weight is 244 g/mol. The van der Waals surface area contributed by atoms with Gasteiger partial charge >= 0.3 is 0 Å². The van der Waals surface area contributed by atoms with Crippen LogP contribution < -0.4 is 0 Å². The highest BCUT2D eigenvalue weighted by molar-refractivity contribution is 6.31. The van der Waals surface area contributed by atoms with Crippen LogP contribution in [0, 0.1) is 0 Å². The molecule has 1 heterocycles. The summed E-state index contributed by atoms with van der Waals surface area (Å²) in [6.45, 7) is 0. The Morgan fingerprint density at radius 3 is 2.71 bits per heavy atom. The lowest BCUT2D eigenvalue weighted by atomic mass is 10.1. The van der Waals surface area contributed by atoms with Crippen LogP contribution in [0.25, 0.3) is 17.0 Å². The molecule has 1 aromatic carbocycles. The molecule has 86 valence electrons. The fourth-order valence-corrected chi connectivity index (χ4v) is 2.60. The van der Waals surface area contributed by atoms with E-state index in [1.807, 2.05) is 18.2 Å². The van der Waals surface area contributed by atoms with Crippen molar-refractivity contribution in [3.05, 3.63) is 46.6 Å². The van der Waals surface area contributed by atoms with Gasteiger partial charge in [0.25, 0.3) is 0 Å². The molecule has 1 fully saturated rings. The molecule has 0 aliphatic heterocycles. The fourth-order valence-electron chi connectivity index (χ4n) is 2.40. The molecule has 0 atom stereocenters. The number of halogens is 1. The molecule has 17 heavy (non-hydrogen) atoms. The minimum Gasteiger partial charge on any atom is -0.235 e. The van der Waals surface area contributed by atoms with Gasteiger partial charge in [0.15, 0.2) is 0 Å². The van der Waals surface area contributed by atoms with Crippen LogP contribution in [0.1, 0.15) is 31.2 Å².